The van der Waals surface area contributed by atoms with Crippen LogP contribution in [0.1, 0.15) is 48.0 Å². The maximum Gasteiger partial charge on any atom is 0.329 e. The number of carbonyl (C=O) groups excluding carboxylic acids is 2. The van der Waals surface area contributed by atoms with Crippen molar-refractivity contribution in [2.24, 2.45) is 5.92 Å². The molecule has 0 aliphatic heterocycles. The van der Waals surface area contributed by atoms with Gasteiger partial charge in [-0.05, 0) is 33.6 Å². The van der Waals surface area contributed by atoms with Gasteiger partial charge in [-0.15, -0.1) is 0 Å². The van der Waals surface area contributed by atoms with Crippen LogP contribution >= 0.6 is 0 Å². The molecule has 0 aromatic rings. The van der Waals surface area contributed by atoms with Crippen LogP contribution in [0.4, 0.5) is 0 Å². The Hall–Kier alpha value is -1.10. The van der Waals surface area contributed by atoms with E-state index in [9.17, 15) is 9.59 Å². The minimum atomic E-state index is -0.628. The van der Waals surface area contributed by atoms with Gasteiger partial charge in [0.2, 0.25) is 5.91 Å². The van der Waals surface area contributed by atoms with Crippen LogP contribution in [0.5, 0.6) is 0 Å². The number of esters is 1. The average Bonchev–Trinajstić information content (AvgIpc) is 2.30. The molecular weight excluding hydrogens is 246 g/mol. The summed E-state index contributed by atoms with van der Waals surface area (Å²) in [6, 6.07) is -0.628. The lowest BCUT2D eigenvalue weighted by Crippen LogP contribution is -2.48. The first-order chi connectivity index (χ1) is 8.71. The highest BCUT2D eigenvalue weighted by Crippen LogP contribution is 2.14. The van der Waals surface area contributed by atoms with Crippen LogP contribution in [0.25, 0.3) is 0 Å². The van der Waals surface area contributed by atoms with Crippen LogP contribution < -0.4 is 5.32 Å². The maximum atomic E-state index is 12.1. The van der Waals surface area contributed by atoms with Gasteiger partial charge in [-0.25, -0.2) is 4.79 Å². The van der Waals surface area contributed by atoms with Crippen molar-refractivity contribution in [3.8, 4) is 0 Å². The van der Waals surface area contributed by atoms with Crippen molar-refractivity contribution in [1.82, 2.24) is 5.32 Å². The lowest BCUT2D eigenvalue weighted by molar-refractivity contribution is -0.160. The van der Waals surface area contributed by atoms with Crippen LogP contribution in [0.2, 0.25) is 0 Å². The molecule has 0 bridgehead atoms. The third kappa shape index (κ3) is 7.82. The van der Waals surface area contributed by atoms with Crippen LogP contribution in [-0.2, 0) is 19.1 Å². The van der Waals surface area contributed by atoms with Crippen LogP contribution in [0.3, 0.4) is 0 Å². The normalized spacial score (nSPS) is 14.6. The highest BCUT2D eigenvalue weighted by Gasteiger charge is 2.30. The Morgan fingerprint density at radius 2 is 1.79 bits per heavy atom. The zero-order valence-corrected chi connectivity index (χ0v) is 12.9. The second kappa shape index (κ2) is 8.15. The smallest absolute Gasteiger partial charge is 0.329 e. The molecular formula is C14H27NO4. The Balaban J connectivity index is 4.63. The molecule has 2 atom stereocenters. The molecule has 1 amide bonds. The van der Waals surface area contributed by atoms with Crippen molar-refractivity contribution in [1.29, 1.82) is 0 Å². The Labute approximate surface area is 116 Å². The second-order valence-corrected chi connectivity index (χ2v) is 5.60. The average molecular weight is 273 g/mol. The standard InChI is InChI=1S/C14H27NO4/c1-7-10(3)12(13(17)19-14(4,5)6)15-11(16)9-18-8-2/h10,12H,7-9H2,1-6H3,(H,15,16)/t10-,12-/m0/s1. The van der Waals surface area contributed by atoms with Gasteiger partial charge in [0.1, 0.15) is 18.2 Å². The summed E-state index contributed by atoms with van der Waals surface area (Å²) in [4.78, 5) is 23.7. The Kier molecular flexibility index (Phi) is 7.68. The number of amides is 1. The molecule has 0 rings (SSSR count). The van der Waals surface area contributed by atoms with E-state index in [0.29, 0.717) is 6.61 Å². The van der Waals surface area contributed by atoms with E-state index < -0.39 is 17.6 Å². The van der Waals surface area contributed by atoms with Gasteiger partial charge in [0.25, 0.3) is 0 Å². The van der Waals surface area contributed by atoms with E-state index in [-0.39, 0.29) is 18.4 Å². The monoisotopic (exact) mass is 273 g/mol. The van der Waals surface area contributed by atoms with Crippen molar-refractivity contribution in [2.75, 3.05) is 13.2 Å². The third-order valence-corrected chi connectivity index (χ3v) is 2.63. The molecule has 0 unspecified atom stereocenters. The SMILES string of the molecule is CCOCC(=O)N[C@H](C(=O)OC(C)(C)C)[C@@H](C)CC. The number of ether oxygens (including phenoxy) is 2. The number of carbonyl (C=O) groups is 2. The summed E-state index contributed by atoms with van der Waals surface area (Å²) >= 11 is 0. The highest BCUT2D eigenvalue weighted by atomic mass is 16.6. The van der Waals surface area contributed by atoms with Crippen molar-refractivity contribution >= 4 is 11.9 Å². The molecule has 0 aliphatic rings. The number of hydrogen-bond acceptors (Lipinski definition) is 4. The predicted octanol–water partition coefficient (Wildman–Crippen LogP) is 1.90. The topological polar surface area (TPSA) is 64.6 Å². The van der Waals surface area contributed by atoms with Crippen molar-refractivity contribution in [3.05, 3.63) is 0 Å². The first-order valence-corrected chi connectivity index (χ1v) is 6.81. The molecule has 0 saturated heterocycles. The molecule has 1 N–H and O–H groups in total. The molecule has 0 saturated carbocycles. The minimum Gasteiger partial charge on any atom is -0.458 e. The molecule has 0 aromatic carbocycles. The number of hydrogen-bond donors (Lipinski definition) is 1. The largest absolute Gasteiger partial charge is 0.458 e. The van der Waals surface area contributed by atoms with Gasteiger partial charge in [-0.1, -0.05) is 20.3 Å². The quantitative estimate of drug-likeness (QED) is 0.719. The summed E-state index contributed by atoms with van der Waals surface area (Å²) in [5.74, 6) is -0.676. The summed E-state index contributed by atoms with van der Waals surface area (Å²) in [6.07, 6.45) is 0.777. The summed E-state index contributed by atoms with van der Waals surface area (Å²) in [5, 5.41) is 2.69. The summed E-state index contributed by atoms with van der Waals surface area (Å²) in [7, 11) is 0. The molecule has 19 heavy (non-hydrogen) atoms. The number of nitrogens with one attached hydrogen (secondary N) is 1. The molecule has 0 spiro atoms. The maximum absolute atomic E-state index is 12.1. The van der Waals surface area contributed by atoms with Crippen molar-refractivity contribution in [3.63, 3.8) is 0 Å². The van der Waals surface area contributed by atoms with Gasteiger partial charge in [-0.3, -0.25) is 4.79 Å². The molecule has 112 valence electrons. The fourth-order valence-electron chi connectivity index (χ4n) is 1.44. The van der Waals surface area contributed by atoms with Crippen molar-refractivity contribution in [2.45, 2.75) is 59.6 Å². The van der Waals surface area contributed by atoms with Gasteiger partial charge < -0.3 is 14.8 Å². The molecule has 5 nitrogen and oxygen atoms in total. The fraction of sp³-hybridized carbons (Fsp3) is 0.857. The van der Waals surface area contributed by atoms with E-state index in [1.165, 1.54) is 0 Å². The van der Waals surface area contributed by atoms with E-state index >= 15 is 0 Å². The molecule has 0 fully saturated rings. The molecule has 5 heteroatoms. The van der Waals surface area contributed by atoms with E-state index in [1.54, 1.807) is 20.8 Å². The van der Waals surface area contributed by atoms with Gasteiger partial charge in [0.05, 0.1) is 0 Å². The summed E-state index contributed by atoms with van der Waals surface area (Å²) < 4.78 is 10.4. The van der Waals surface area contributed by atoms with Crippen molar-refractivity contribution < 1.29 is 19.1 Å². The zero-order chi connectivity index (χ0) is 15.1. The highest BCUT2D eigenvalue weighted by molar-refractivity contribution is 5.85. The Bertz CT molecular complexity index is 296. The van der Waals surface area contributed by atoms with E-state index in [4.69, 9.17) is 9.47 Å². The van der Waals surface area contributed by atoms with E-state index in [2.05, 4.69) is 5.32 Å². The summed E-state index contributed by atoms with van der Waals surface area (Å²) in [6.45, 7) is 11.5. The molecule has 0 aromatic heterocycles. The first-order valence-electron chi connectivity index (χ1n) is 6.81. The zero-order valence-electron chi connectivity index (χ0n) is 12.9. The van der Waals surface area contributed by atoms with Gasteiger partial charge in [-0.2, -0.15) is 0 Å². The minimum absolute atomic E-state index is 0.0143. The molecule has 0 radical (unpaired) electrons. The van der Waals surface area contributed by atoms with Crippen LogP contribution in [0.15, 0.2) is 0 Å². The predicted molar refractivity (Wildman–Crippen MR) is 73.7 cm³/mol. The molecule has 0 heterocycles. The van der Waals surface area contributed by atoms with Gasteiger partial charge in [0, 0.05) is 6.61 Å². The van der Waals surface area contributed by atoms with E-state index in [0.717, 1.165) is 6.42 Å². The van der Waals surface area contributed by atoms with Gasteiger partial charge in [0.15, 0.2) is 0 Å². The Morgan fingerprint density at radius 3 is 2.21 bits per heavy atom. The Morgan fingerprint density at radius 1 is 1.21 bits per heavy atom. The van der Waals surface area contributed by atoms with Gasteiger partial charge >= 0.3 is 5.97 Å². The lowest BCUT2D eigenvalue weighted by atomic mass is 9.99. The third-order valence-electron chi connectivity index (χ3n) is 2.63. The van der Waals surface area contributed by atoms with E-state index in [1.807, 2.05) is 20.8 Å². The molecule has 0 aliphatic carbocycles. The lowest BCUT2D eigenvalue weighted by Gasteiger charge is -2.27. The van der Waals surface area contributed by atoms with Crippen LogP contribution in [-0.4, -0.2) is 36.7 Å². The second-order valence-electron chi connectivity index (χ2n) is 5.60. The van der Waals surface area contributed by atoms with Crippen LogP contribution in [0, 0.1) is 5.92 Å². The first kappa shape index (κ1) is 17.9. The number of rotatable bonds is 7. The summed E-state index contributed by atoms with van der Waals surface area (Å²) in [5.41, 5.74) is -0.562. The fourth-order valence-corrected chi connectivity index (χ4v) is 1.44.